The minimum absolute atomic E-state index is 0.0677. The van der Waals surface area contributed by atoms with E-state index in [1.807, 2.05) is 13.8 Å². The van der Waals surface area contributed by atoms with Crippen molar-refractivity contribution in [3.05, 3.63) is 0 Å². The molecule has 0 aromatic rings. The predicted molar refractivity (Wildman–Crippen MR) is 103 cm³/mol. The van der Waals surface area contributed by atoms with Gasteiger partial charge in [-0.15, -0.1) is 0 Å². The van der Waals surface area contributed by atoms with Gasteiger partial charge < -0.3 is 15.4 Å². The molecule has 8 heteroatoms. The van der Waals surface area contributed by atoms with Crippen molar-refractivity contribution in [1.29, 1.82) is 0 Å². The van der Waals surface area contributed by atoms with Crippen molar-refractivity contribution in [1.82, 2.24) is 15.5 Å². The minimum atomic E-state index is -0.986. The maximum atomic E-state index is 12.5. The number of hydrogen-bond acceptors (Lipinski definition) is 5. The molecule has 4 atom stereocenters. The number of nitrogens with zero attached hydrogens (tertiary/aromatic N) is 1. The van der Waals surface area contributed by atoms with Gasteiger partial charge in [-0.3, -0.25) is 19.3 Å². The Morgan fingerprint density at radius 3 is 2.46 bits per heavy atom. The normalized spacial score (nSPS) is 27.9. The Labute approximate surface area is 166 Å². The van der Waals surface area contributed by atoms with Gasteiger partial charge in [0.2, 0.25) is 0 Å². The number of carbonyl (C=O) groups is 4. The van der Waals surface area contributed by atoms with Gasteiger partial charge in [0, 0.05) is 6.04 Å². The monoisotopic (exact) mass is 395 g/mol. The average Bonchev–Trinajstić information content (AvgIpc) is 2.89. The molecule has 1 aliphatic carbocycles. The number of amides is 4. The van der Waals surface area contributed by atoms with Crippen LogP contribution >= 0.6 is 0 Å². The zero-order chi connectivity index (χ0) is 21.1. The van der Waals surface area contributed by atoms with Crippen molar-refractivity contribution < 1.29 is 23.9 Å². The summed E-state index contributed by atoms with van der Waals surface area (Å²) in [7, 11) is 0. The SMILES string of the molecule is CCC1(CC)NC(=O)N(CC(=O)O[C@@H](C)C(=O)N[C@@H]2CCC[C@H](C)[C@@H]2C)C1=O. The van der Waals surface area contributed by atoms with Crippen LogP contribution in [0.4, 0.5) is 4.79 Å². The Kier molecular flexibility index (Phi) is 7.06. The van der Waals surface area contributed by atoms with E-state index in [-0.39, 0.29) is 11.9 Å². The molecule has 2 N–H and O–H groups in total. The zero-order valence-electron chi connectivity index (χ0n) is 17.5. The van der Waals surface area contributed by atoms with Crippen LogP contribution < -0.4 is 10.6 Å². The van der Waals surface area contributed by atoms with Crippen LogP contribution in [0, 0.1) is 11.8 Å². The van der Waals surface area contributed by atoms with Gasteiger partial charge in [-0.1, -0.05) is 40.5 Å². The summed E-state index contributed by atoms with van der Waals surface area (Å²) in [6.07, 6.45) is 3.03. The van der Waals surface area contributed by atoms with Crippen LogP contribution in [0.2, 0.25) is 0 Å². The molecule has 2 rings (SSSR count). The van der Waals surface area contributed by atoms with Gasteiger partial charge in [0.15, 0.2) is 6.10 Å². The van der Waals surface area contributed by atoms with Crippen LogP contribution in [-0.4, -0.2) is 52.9 Å². The smallest absolute Gasteiger partial charge is 0.327 e. The van der Waals surface area contributed by atoms with E-state index in [1.165, 1.54) is 6.92 Å². The summed E-state index contributed by atoms with van der Waals surface area (Å²) in [4.78, 5) is 50.2. The average molecular weight is 396 g/mol. The highest BCUT2D eigenvalue weighted by Gasteiger charge is 2.49. The van der Waals surface area contributed by atoms with E-state index >= 15 is 0 Å². The number of esters is 1. The Morgan fingerprint density at radius 1 is 1.25 bits per heavy atom. The molecule has 2 aliphatic rings. The molecule has 1 saturated carbocycles. The Morgan fingerprint density at radius 2 is 1.89 bits per heavy atom. The fraction of sp³-hybridized carbons (Fsp3) is 0.800. The quantitative estimate of drug-likeness (QED) is 0.506. The van der Waals surface area contributed by atoms with Crippen LogP contribution in [0.15, 0.2) is 0 Å². The molecule has 0 radical (unpaired) electrons. The first-order valence-electron chi connectivity index (χ1n) is 10.3. The number of carbonyl (C=O) groups excluding carboxylic acids is 4. The summed E-state index contributed by atoms with van der Waals surface area (Å²) >= 11 is 0. The predicted octanol–water partition coefficient (Wildman–Crippen LogP) is 1.97. The van der Waals surface area contributed by atoms with Gasteiger partial charge in [-0.25, -0.2) is 4.79 Å². The first-order valence-corrected chi connectivity index (χ1v) is 10.3. The second-order valence-electron chi connectivity index (χ2n) is 8.13. The van der Waals surface area contributed by atoms with Gasteiger partial charge in [-0.2, -0.15) is 0 Å². The first-order chi connectivity index (χ1) is 13.1. The first kappa shape index (κ1) is 22.2. The number of ether oxygens (including phenoxy) is 1. The molecule has 158 valence electrons. The molecule has 0 unspecified atom stereocenters. The summed E-state index contributed by atoms with van der Waals surface area (Å²) in [5.41, 5.74) is -0.964. The lowest BCUT2D eigenvalue weighted by atomic mass is 9.78. The Balaban J connectivity index is 1.89. The van der Waals surface area contributed by atoms with E-state index in [2.05, 4.69) is 24.5 Å². The maximum absolute atomic E-state index is 12.5. The molecule has 2 fully saturated rings. The molecule has 0 aromatic carbocycles. The highest BCUT2D eigenvalue weighted by molar-refractivity contribution is 6.08. The van der Waals surface area contributed by atoms with Crippen molar-refractivity contribution >= 4 is 23.8 Å². The van der Waals surface area contributed by atoms with Crippen LogP contribution in [0.3, 0.4) is 0 Å². The minimum Gasteiger partial charge on any atom is -0.451 e. The highest BCUT2D eigenvalue weighted by Crippen LogP contribution is 2.29. The molecule has 0 aromatic heterocycles. The molecule has 28 heavy (non-hydrogen) atoms. The van der Waals surface area contributed by atoms with E-state index in [1.54, 1.807) is 0 Å². The standard InChI is InChI=1S/C20H33N3O5/c1-6-20(7-2)18(26)23(19(27)22-20)11-16(24)28-14(5)17(25)21-15-10-8-9-12(3)13(15)4/h12-15H,6-11H2,1-5H3,(H,21,25)(H,22,27)/t12-,13-,14-,15+/m0/s1. The molecule has 1 heterocycles. The van der Waals surface area contributed by atoms with Crippen LogP contribution in [0.1, 0.15) is 66.7 Å². The Bertz CT molecular complexity index is 631. The van der Waals surface area contributed by atoms with Crippen molar-refractivity contribution in [3.8, 4) is 0 Å². The van der Waals surface area contributed by atoms with E-state index < -0.39 is 36.1 Å². The molecule has 8 nitrogen and oxygen atoms in total. The van der Waals surface area contributed by atoms with Gasteiger partial charge in [0.25, 0.3) is 11.8 Å². The van der Waals surface area contributed by atoms with Crippen LogP contribution in [-0.2, 0) is 19.1 Å². The largest absolute Gasteiger partial charge is 0.451 e. The summed E-state index contributed by atoms with van der Waals surface area (Å²) in [5.74, 6) is -0.662. The van der Waals surface area contributed by atoms with Gasteiger partial charge in [-0.05, 0) is 38.0 Å². The number of hydrogen-bond donors (Lipinski definition) is 2. The van der Waals surface area contributed by atoms with Crippen LogP contribution in [0.5, 0.6) is 0 Å². The fourth-order valence-corrected chi connectivity index (χ4v) is 4.05. The van der Waals surface area contributed by atoms with Gasteiger partial charge in [0.05, 0.1) is 0 Å². The fourth-order valence-electron chi connectivity index (χ4n) is 4.05. The number of nitrogens with one attached hydrogen (secondary N) is 2. The summed E-state index contributed by atoms with van der Waals surface area (Å²) in [6.45, 7) is 8.92. The maximum Gasteiger partial charge on any atom is 0.327 e. The van der Waals surface area contributed by atoms with Crippen molar-refractivity contribution in [3.63, 3.8) is 0 Å². The lowest BCUT2D eigenvalue weighted by Gasteiger charge is -2.35. The van der Waals surface area contributed by atoms with Crippen molar-refractivity contribution in [2.75, 3.05) is 6.54 Å². The summed E-state index contributed by atoms with van der Waals surface area (Å²) in [6, 6.07) is -0.536. The number of imide groups is 1. The Hall–Kier alpha value is -2.12. The van der Waals surface area contributed by atoms with Gasteiger partial charge >= 0.3 is 12.0 Å². The van der Waals surface area contributed by atoms with Crippen LogP contribution in [0.25, 0.3) is 0 Å². The third-order valence-corrected chi connectivity index (χ3v) is 6.45. The number of rotatable bonds is 7. The van der Waals surface area contributed by atoms with E-state index in [9.17, 15) is 19.2 Å². The lowest BCUT2D eigenvalue weighted by molar-refractivity contribution is -0.157. The van der Waals surface area contributed by atoms with E-state index in [0.717, 1.165) is 24.2 Å². The van der Waals surface area contributed by atoms with E-state index in [4.69, 9.17) is 4.74 Å². The molecule has 1 aliphatic heterocycles. The molecule has 0 bridgehead atoms. The third kappa shape index (κ3) is 4.47. The lowest BCUT2D eigenvalue weighted by Crippen LogP contribution is -2.48. The number of urea groups is 1. The molecular weight excluding hydrogens is 362 g/mol. The topological polar surface area (TPSA) is 105 Å². The second-order valence-corrected chi connectivity index (χ2v) is 8.13. The van der Waals surface area contributed by atoms with Gasteiger partial charge in [0.1, 0.15) is 12.1 Å². The third-order valence-electron chi connectivity index (χ3n) is 6.45. The van der Waals surface area contributed by atoms with E-state index in [0.29, 0.717) is 24.7 Å². The molecular formula is C20H33N3O5. The molecule has 0 spiro atoms. The van der Waals surface area contributed by atoms with Crippen molar-refractivity contribution in [2.45, 2.75) is 84.4 Å². The summed E-state index contributed by atoms with van der Waals surface area (Å²) < 4.78 is 5.18. The second kappa shape index (κ2) is 8.92. The summed E-state index contributed by atoms with van der Waals surface area (Å²) in [5, 5.41) is 5.63. The highest BCUT2D eigenvalue weighted by atomic mass is 16.5. The zero-order valence-corrected chi connectivity index (χ0v) is 17.5. The molecule has 1 saturated heterocycles. The molecule has 4 amide bonds. The van der Waals surface area contributed by atoms with Crippen molar-refractivity contribution in [2.24, 2.45) is 11.8 Å².